The van der Waals surface area contributed by atoms with Gasteiger partial charge in [0.25, 0.3) is 0 Å². The SMILES string of the molecule is CCCCCOC(=O)C1C(C)=NC2=C(C(=O)CCC2)[C@@H]1c1cccc(Cl)c1Cl. The van der Waals surface area contributed by atoms with Crippen LogP contribution in [0.4, 0.5) is 0 Å². The largest absolute Gasteiger partial charge is 0.465 e. The van der Waals surface area contributed by atoms with E-state index >= 15 is 0 Å². The Morgan fingerprint density at radius 3 is 2.79 bits per heavy atom. The summed E-state index contributed by atoms with van der Waals surface area (Å²) in [6.07, 6.45) is 4.83. The number of hydrogen-bond donors (Lipinski definition) is 0. The van der Waals surface area contributed by atoms with Crippen molar-refractivity contribution in [1.29, 1.82) is 0 Å². The summed E-state index contributed by atoms with van der Waals surface area (Å²) in [5, 5.41) is 0.776. The predicted molar refractivity (Wildman–Crippen MR) is 112 cm³/mol. The Balaban J connectivity index is 2.03. The number of ether oxygens (including phenoxy) is 1. The average molecular weight is 422 g/mol. The highest BCUT2D eigenvalue weighted by molar-refractivity contribution is 6.42. The van der Waals surface area contributed by atoms with Crippen molar-refractivity contribution in [1.82, 2.24) is 0 Å². The van der Waals surface area contributed by atoms with E-state index in [4.69, 9.17) is 27.9 Å². The number of carbonyl (C=O) groups excluding carboxylic acids is 2. The first kappa shape index (κ1) is 21.1. The molecule has 2 aliphatic rings. The zero-order valence-electron chi connectivity index (χ0n) is 16.3. The van der Waals surface area contributed by atoms with Crippen LogP contribution in [0.2, 0.25) is 10.0 Å². The van der Waals surface area contributed by atoms with Crippen molar-refractivity contribution in [3.05, 3.63) is 45.1 Å². The third-order valence-corrected chi connectivity index (χ3v) is 6.23. The van der Waals surface area contributed by atoms with Gasteiger partial charge >= 0.3 is 5.97 Å². The number of rotatable bonds is 6. The summed E-state index contributed by atoms with van der Waals surface area (Å²) in [6, 6.07) is 5.33. The highest BCUT2D eigenvalue weighted by Crippen LogP contribution is 2.46. The normalized spacial score (nSPS) is 22.0. The van der Waals surface area contributed by atoms with Gasteiger partial charge in [0.1, 0.15) is 5.92 Å². The van der Waals surface area contributed by atoms with E-state index in [2.05, 4.69) is 11.9 Å². The summed E-state index contributed by atoms with van der Waals surface area (Å²) in [4.78, 5) is 30.5. The van der Waals surface area contributed by atoms with E-state index in [0.717, 1.165) is 37.8 Å². The lowest BCUT2D eigenvalue weighted by molar-refractivity contribution is -0.146. The maximum absolute atomic E-state index is 13.0. The summed E-state index contributed by atoms with van der Waals surface area (Å²) < 4.78 is 5.56. The van der Waals surface area contributed by atoms with Crippen LogP contribution >= 0.6 is 23.2 Å². The number of unbranched alkanes of at least 4 members (excludes halogenated alkanes) is 2. The molecule has 0 fully saturated rings. The van der Waals surface area contributed by atoms with Gasteiger partial charge in [0.05, 0.1) is 16.7 Å². The van der Waals surface area contributed by atoms with E-state index in [0.29, 0.717) is 39.9 Å². The molecule has 28 heavy (non-hydrogen) atoms. The number of allylic oxidation sites excluding steroid dienone is 2. The van der Waals surface area contributed by atoms with Gasteiger partial charge in [0, 0.05) is 29.3 Å². The zero-order valence-corrected chi connectivity index (χ0v) is 17.8. The molecular formula is C22H25Cl2NO3. The van der Waals surface area contributed by atoms with E-state index < -0.39 is 11.8 Å². The van der Waals surface area contributed by atoms with Gasteiger partial charge in [-0.2, -0.15) is 0 Å². The molecule has 0 saturated heterocycles. The minimum absolute atomic E-state index is 0.0299. The van der Waals surface area contributed by atoms with E-state index in [-0.39, 0.29) is 11.8 Å². The topological polar surface area (TPSA) is 55.7 Å². The van der Waals surface area contributed by atoms with Gasteiger partial charge in [-0.05, 0) is 37.8 Å². The molecule has 0 spiro atoms. The fourth-order valence-electron chi connectivity index (χ4n) is 4.02. The fourth-order valence-corrected chi connectivity index (χ4v) is 4.45. The standard InChI is InChI=1S/C22H25Cl2NO3/c1-3-4-5-12-28-22(27)18-13(2)25-16-10-7-11-17(26)20(16)19(18)14-8-6-9-15(23)21(14)24/h6,8-9,18-19H,3-5,7,10-12H2,1-2H3/t18?,19-/m1/s1. The van der Waals surface area contributed by atoms with Gasteiger partial charge in [-0.25, -0.2) is 0 Å². The smallest absolute Gasteiger partial charge is 0.315 e. The minimum atomic E-state index is -0.668. The molecule has 4 nitrogen and oxygen atoms in total. The fraction of sp³-hybridized carbons (Fsp3) is 0.500. The van der Waals surface area contributed by atoms with Gasteiger partial charge in [-0.3, -0.25) is 14.6 Å². The van der Waals surface area contributed by atoms with Crippen LogP contribution in [0.15, 0.2) is 34.5 Å². The number of ketones is 1. The molecule has 0 bridgehead atoms. The molecule has 0 aromatic heterocycles. The second-order valence-electron chi connectivity index (χ2n) is 7.36. The molecule has 2 atom stereocenters. The maximum atomic E-state index is 13.0. The number of hydrogen-bond acceptors (Lipinski definition) is 4. The first-order chi connectivity index (χ1) is 13.5. The molecule has 3 rings (SSSR count). The number of aliphatic imine (C=N–C) groups is 1. The van der Waals surface area contributed by atoms with E-state index in [1.165, 1.54) is 0 Å². The Morgan fingerprint density at radius 1 is 1.25 bits per heavy atom. The van der Waals surface area contributed by atoms with E-state index in [1.54, 1.807) is 12.1 Å². The van der Waals surface area contributed by atoms with Crippen LogP contribution in [0.3, 0.4) is 0 Å². The molecule has 1 aliphatic heterocycles. The molecular weight excluding hydrogens is 397 g/mol. The Kier molecular flexibility index (Phi) is 6.95. The quantitative estimate of drug-likeness (QED) is 0.423. The summed E-state index contributed by atoms with van der Waals surface area (Å²) >= 11 is 12.8. The number of Topliss-reactive ketones (excluding diaryl/α,β-unsaturated/α-hetero) is 1. The monoisotopic (exact) mass is 421 g/mol. The van der Waals surface area contributed by atoms with Crippen LogP contribution < -0.4 is 0 Å². The summed E-state index contributed by atoms with van der Waals surface area (Å²) in [7, 11) is 0. The van der Waals surface area contributed by atoms with Crippen molar-refractivity contribution in [2.75, 3.05) is 6.61 Å². The van der Waals surface area contributed by atoms with Crippen LogP contribution in [0, 0.1) is 5.92 Å². The Hall–Kier alpha value is -1.65. The van der Waals surface area contributed by atoms with Crippen molar-refractivity contribution in [3.8, 4) is 0 Å². The van der Waals surface area contributed by atoms with Gasteiger partial charge in [-0.15, -0.1) is 0 Å². The molecule has 1 aliphatic carbocycles. The maximum Gasteiger partial charge on any atom is 0.315 e. The van der Waals surface area contributed by atoms with E-state index in [1.807, 2.05) is 13.0 Å². The number of benzene rings is 1. The molecule has 0 amide bonds. The molecule has 150 valence electrons. The van der Waals surface area contributed by atoms with E-state index in [9.17, 15) is 9.59 Å². The lowest BCUT2D eigenvalue weighted by Gasteiger charge is -2.35. The van der Waals surface area contributed by atoms with Crippen LogP contribution in [-0.2, 0) is 14.3 Å². The van der Waals surface area contributed by atoms with Crippen molar-refractivity contribution in [2.45, 2.75) is 58.3 Å². The Morgan fingerprint density at radius 2 is 2.04 bits per heavy atom. The summed E-state index contributed by atoms with van der Waals surface area (Å²) in [5.41, 5.74) is 2.71. The van der Waals surface area contributed by atoms with Crippen LogP contribution in [0.1, 0.15) is 63.9 Å². The van der Waals surface area contributed by atoms with Gasteiger partial charge < -0.3 is 4.74 Å². The van der Waals surface area contributed by atoms with Gasteiger partial charge in [0.15, 0.2) is 5.78 Å². The number of carbonyl (C=O) groups is 2. The molecule has 1 aromatic carbocycles. The highest BCUT2D eigenvalue weighted by atomic mass is 35.5. The van der Waals surface area contributed by atoms with Gasteiger partial charge in [-0.1, -0.05) is 55.1 Å². The Labute approximate surface area is 176 Å². The van der Waals surface area contributed by atoms with Crippen LogP contribution in [0.5, 0.6) is 0 Å². The van der Waals surface area contributed by atoms with Crippen molar-refractivity contribution in [2.24, 2.45) is 10.9 Å². The molecule has 0 saturated carbocycles. The lowest BCUT2D eigenvalue weighted by atomic mass is 9.71. The van der Waals surface area contributed by atoms with Crippen molar-refractivity contribution in [3.63, 3.8) is 0 Å². The van der Waals surface area contributed by atoms with Crippen LogP contribution in [0.25, 0.3) is 0 Å². The third kappa shape index (κ3) is 4.18. The second kappa shape index (κ2) is 9.23. The number of halogens is 2. The average Bonchev–Trinajstić information content (AvgIpc) is 2.66. The molecule has 1 unspecified atom stereocenters. The minimum Gasteiger partial charge on any atom is -0.465 e. The number of nitrogens with zero attached hydrogens (tertiary/aromatic N) is 1. The first-order valence-corrected chi connectivity index (χ1v) is 10.6. The van der Waals surface area contributed by atoms with Crippen molar-refractivity contribution >= 4 is 40.7 Å². The van der Waals surface area contributed by atoms with Crippen molar-refractivity contribution < 1.29 is 14.3 Å². The molecule has 0 N–H and O–H groups in total. The first-order valence-electron chi connectivity index (χ1n) is 9.87. The molecule has 1 heterocycles. The third-order valence-electron chi connectivity index (χ3n) is 5.40. The predicted octanol–water partition coefficient (Wildman–Crippen LogP) is 5.91. The second-order valence-corrected chi connectivity index (χ2v) is 8.15. The molecule has 6 heteroatoms. The zero-order chi connectivity index (χ0) is 20.3. The number of esters is 1. The molecule has 0 radical (unpaired) electrons. The highest BCUT2D eigenvalue weighted by Gasteiger charge is 2.44. The van der Waals surface area contributed by atoms with Gasteiger partial charge in [0.2, 0.25) is 0 Å². The Bertz CT molecular complexity index is 844. The summed E-state index contributed by atoms with van der Waals surface area (Å²) in [6.45, 7) is 4.29. The summed E-state index contributed by atoms with van der Waals surface area (Å²) in [5.74, 6) is -1.51. The molecule has 1 aromatic rings. The lowest BCUT2D eigenvalue weighted by Crippen LogP contribution is -2.37. The van der Waals surface area contributed by atoms with Crippen LogP contribution in [-0.4, -0.2) is 24.1 Å².